The summed E-state index contributed by atoms with van der Waals surface area (Å²) in [6, 6.07) is 2.72. The second-order valence-corrected chi connectivity index (χ2v) is 2.80. The van der Waals surface area contributed by atoms with Gasteiger partial charge in [0.2, 0.25) is 0 Å². The molecule has 15 heavy (non-hydrogen) atoms. The third-order valence-corrected chi connectivity index (χ3v) is 1.54. The van der Waals surface area contributed by atoms with Crippen molar-refractivity contribution < 1.29 is 27.5 Å². The van der Waals surface area contributed by atoms with Gasteiger partial charge in [0.15, 0.2) is 11.5 Å². The lowest BCUT2D eigenvalue weighted by Gasteiger charge is -2.00. The Bertz CT molecular complexity index is 401. The molecule has 0 saturated carbocycles. The SMILES string of the molecule is Cc1ccc(C(O)=CC(=O)C(F)(F)F)o1. The molecule has 1 N–H and O–H groups in total. The van der Waals surface area contributed by atoms with Crippen molar-refractivity contribution in [1.82, 2.24) is 0 Å². The molecular weight excluding hydrogens is 213 g/mol. The molecule has 0 atom stereocenters. The van der Waals surface area contributed by atoms with Crippen LogP contribution in [0.15, 0.2) is 22.6 Å². The predicted molar refractivity (Wildman–Crippen MR) is 45.1 cm³/mol. The van der Waals surface area contributed by atoms with Gasteiger partial charge in [-0.15, -0.1) is 0 Å². The van der Waals surface area contributed by atoms with Gasteiger partial charge in [-0.25, -0.2) is 0 Å². The molecule has 0 saturated heterocycles. The summed E-state index contributed by atoms with van der Waals surface area (Å²) in [5.41, 5.74) is 0. The first-order valence-electron chi connectivity index (χ1n) is 3.89. The van der Waals surface area contributed by atoms with Gasteiger partial charge in [0.1, 0.15) is 5.76 Å². The molecule has 1 aromatic rings. The number of rotatable bonds is 2. The average Bonchev–Trinajstić information content (AvgIpc) is 2.50. The Balaban J connectivity index is 2.90. The van der Waals surface area contributed by atoms with Gasteiger partial charge in [-0.3, -0.25) is 4.79 Å². The van der Waals surface area contributed by atoms with E-state index in [1.54, 1.807) is 6.92 Å². The van der Waals surface area contributed by atoms with Crippen molar-refractivity contribution >= 4 is 11.5 Å². The van der Waals surface area contributed by atoms with E-state index in [1.165, 1.54) is 12.1 Å². The highest BCUT2D eigenvalue weighted by molar-refractivity contribution is 5.98. The van der Waals surface area contributed by atoms with Crippen molar-refractivity contribution in [2.75, 3.05) is 0 Å². The summed E-state index contributed by atoms with van der Waals surface area (Å²) in [4.78, 5) is 10.5. The molecule has 1 aromatic heterocycles. The van der Waals surface area contributed by atoms with Crippen LogP contribution in [0.5, 0.6) is 0 Å². The highest BCUT2D eigenvalue weighted by Gasteiger charge is 2.37. The first kappa shape index (κ1) is 11.4. The number of ketones is 1. The third-order valence-electron chi connectivity index (χ3n) is 1.54. The zero-order valence-electron chi connectivity index (χ0n) is 7.63. The van der Waals surface area contributed by atoms with E-state index in [-0.39, 0.29) is 11.8 Å². The molecule has 0 bridgehead atoms. The zero-order chi connectivity index (χ0) is 11.6. The number of allylic oxidation sites excluding steroid dienone is 1. The van der Waals surface area contributed by atoms with Crippen molar-refractivity contribution in [3.05, 3.63) is 29.7 Å². The van der Waals surface area contributed by atoms with Gasteiger partial charge in [-0.05, 0) is 19.1 Å². The number of alkyl halides is 3. The van der Waals surface area contributed by atoms with Crippen molar-refractivity contribution in [2.45, 2.75) is 13.1 Å². The van der Waals surface area contributed by atoms with Gasteiger partial charge >= 0.3 is 6.18 Å². The van der Waals surface area contributed by atoms with Crippen LogP contribution in [0.1, 0.15) is 11.5 Å². The number of aryl methyl sites for hydroxylation is 1. The molecule has 0 radical (unpaired) electrons. The van der Waals surface area contributed by atoms with Crippen LogP contribution in [-0.4, -0.2) is 17.1 Å². The maximum Gasteiger partial charge on any atom is 0.454 e. The Morgan fingerprint density at radius 3 is 2.47 bits per heavy atom. The lowest BCUT2D eigenvalue weighted by Crippen LogP contribution is -2.20. The zero-order valence-corrected chi connectivity index (χ0v) is 7.63. The number of carbonyl (C=O) groups excluding carboxylic acids is 1. The second kappa shape index (κ2) is 3.80. The summed E-state index contributed by atoms with van der Waals surface area (Å²) in [6.45, 7) is 1.56. The lowest BCUT2D eigenvalue weighted by molar-refractivity contribution is -0.165. The smallest absolute Gasteiger partial charge is 0.454 e. The Morgan fingerprint density at radius 2 is 2.07 bits per heavy atom. The van der Waals surface area contributed by atoms with E-state index in [1.807, 2.05) is 0 Å². The number of hydrogen-bond donors (Lipinski definition) is 1. The van der Waals surface area contributed by atoms with E-state index >= 15 is 0 Å². The summed E-state index contributed by atoms with van der Waals surface area (Å²) < 4.78 is 40.2. The summed E-state index contributed by atoms with van der Waals surface area (Å²) in [5.74, 6) is -2.73. The van der Waals surface area contributed by atoms with Crippen LogP contribution in [0.4, 0.5) is 13.2 Å². The maximum atomic E-state index is 11.8. The number of furan rings is 1. The fraction of sp³-hybridized carbons (Fsp3) is 0.222. The van der Waals surface area contributed by atoms with E-state index in [2.05, 4.69) is 0 Å². The quantitative estimate of drug-likeness (QED) is 0.615. The fourth-order valence-electron chi connectivity index (χ4n) is 0.849. The lowest BCUT2D eigenvalue weighted by atomic mass is 10.3. The molecular formula is C9H7F3O3. The Labute approximate surface area is 82.8 Å². The van der Waals surface area contributed by atoms with Crippen LogP contribution < -0.4 is 0 Å². The van der Waals surface area contributed by atoms with E-state index in [4.69, 9.17) is 9.52 Å². The molecule has 1 rings (SSSR count). The molecule has 0 aliphatic heterocycles. The summed E-state index contributed by atoms with van der Waals surface area (Å²) in [7, 11) is 0. The fourth-order valence-corrected chi connectivity index (χ4v) is 0.849. The molecule has 1 heterocycles. The molecule has 0 amide bonds. The van der Waals surface area contributed by atoms with Crippen molar-refractivity contribution in [3.8, 4) is 0 Å². The van der Waals surface area contributed by atoms with Crippen LogP contribution >= 0.6 is 0 Å². The normalized spacial score (nSPS) is 12.9. The van der Waals surface area contributed by atoms with Crippen LogP contribution in [0.3, 0.4) is 0 Å². The maximum absolute atomic E-state index is 11.8. The minimum Gasteiger partial charge on any atom is -0.504 e. The molecule has 0 unspecified atom stereocenters. The standard InChI is InChI=1S/C9H7F3O3/c1-5-2-3-7(15-5)6(13)4-8(14)9(10,11)12/h2-4,13H,1H3. The predicted octanol–water partition coefficient (Wildman–Crippen LogP) is 2.62. The Morgan fingerprint density at radius 1 is 1.47 bits per heavy atom. The van der Waals surface area contributed by atoms with Gasteiger partial charge in [-0.2, -0.15) is 13.2 Å². The van der Waals surface area contributed by atoms with E-state index in [9.17, 15) is 18.0 Å². The van der Waals surface area contributed by atoms with Gasteiger partial charge in [-0.1, -0.05) is 0 Å². The Hall–Kier alpha value is -1.72. The van der Waals surface area contributed by atoms with Crippen LogP contribution in [-0.2, 0) is 4.79 Å². The molecule has 6 heteroatoms. The number of carbonyl (C=O) groups is 1. The first-order valence-corrected chi connectivity index (χ1v) is 3.89. The molecule has 0 aliphatic rings. The van der Waals surface area contributed by atoms with Crippen molar-refractivity contribution in [1.29, 1.82) is 0 Å². The molecule has 0 fully saturated rings. The molecule has 82 valence electrons. The van der Waals surface area contributed by atoms with Gasteiger partial charge in [0.25, 0.3) is 5.78 Å². The van der Waals surface area contributed by atoms with Crippen molar-refractivity contribution in [3.63, 3.8) is 0 Å². The summed E-state index contributed by atoms with van der Waals surface area (Å²) in [5, 5.41) is 9.11. The van der Waals surface area contributed by atoms with Crippen LogP contribution in [0, 0.1) is 6.92 Å². The largest absolute Gasteiger partial charge is 0.504 e. The number of halogens is 3. The third kappa shape index (κ3) is 2.87. The van der Waals surface area contributed by atoms with Crippen LogP contribution in [0.2, 0.25) is 0 Å². The van der Waals surface area contributed by atoms with Gasteiger partial charge in [0.05, 0.1) is 0 Å². The van der Waals surface area contributed by atoms with Crippen LogP contribution in [0.25, 0.3) is 5.76 Å². The minimum atomic E-state index is -4.99. The van der Waals surface area contributed by atoms with Crippen molar-refractivity contribution in [2.24, 2.45) is 0 Å². The Kier molecular flexibility index (Phi) is 2.88. The summed E-state index contributed by atoms with van der Waals surface area (Å²) >= 11 is 0. The molecule has 0 spiro atoms. The van der Waals surface area contributed by atoms with Gasteiger partial charge < -0.3 is 9.52 Å². The van der Waals surface area contributed by atoms with Gasteiger partial charge in [0, 0.05) is 6.08 Å². The van der Waals surface area contributed by atoms with E-state index < -0.39 is 17.7 Å². The average molecular weight is 220 g/mol. The molecule has 0 aromatic carbocycles. The number of hydrogen-bond acceptors (Lipinski definition) is 3. The second-order valence-electron chi connectivity index (χ2n) is 2.80. The van der Waals surface area contributed by atoms with E-state index in [0.717, 1.165) is 0 Å². The summed E-state index contributed by atoms with van der Waals surface area (Å²) in [6.07, 6.45) is -4.91. The molecule has 0 aliphatic carbocycles. The minimum absolute atomic E-state index is 0.0816. The molecule has 3 nitrogen and oxygen atoms in total. The topological polar surface area (TPSA) is 50.4 Å². The van der Waals surface area contributed by atoms with E-state index in [0.29, 0.717) is 5.76 Å². The highest BCUT2D eigenvalue weighted by Crippen LogP contribution is 2.20. The monoisotopic (exact) mass is 220 g/mol. The first-order chi connectivity index (χ1) is 6.80. The highest BCUT2D eigenvalue weighted by atomic mass is 19.4. The number of aliphatic hydroxyl groups excluding tert-OH is 1. The number of aliphatic hydroxyl groups is 1.